The quantitative estimate of drug-likeness (QED) is 0.722. The number of amides is 1. The molecule has 0 saturated carbocycles. The Morgan fingerprint density at radius 3 is 2.62 bits per heavy atom. The van der Waals surface area contributed by atoms with E-state index in [9.17, 15) is 9.59 Å². The van der Waals surface area contributed by atoms with Crippen LogP contribution in [0.5, 0.6) is 0 Å². The number of nitrogens with one attached hydrogen (secondary N) is 2. The summed E-state index contributed by atoms with van der Waals surface area (Å²) >= 11 is 0. The third kappa shape index (κ3) is 6.29. The molecular weight excluding hydrogens is 268 g/mol. The molecular formula is C16H24N2O3. The van der Waals surface area contributed by atoms with Gasteiger partial charge in [-0.15, -0.1) is 0 Å². The van der Waals surface area contributed by atoms with Crippen molar-refractivity contribution in [3.8, 4) is 0 Å². The Morgan fingerprint density at radius 2 is 1.95 bits per heavy atom. The van der Waals surface area contributed by atoms with Gasteiger partial charge in [0.05, 0.1) is 12.2 Å². The molecule has 0 aromatic heterocycles. The first-order valence-corrected chi connectivity index (χ1v) is 7.31. The van der Waals surface area contributed by atoms with Crippen molar-refractivity contribution < 1.29 is 14.3 Å². The van der Waals surface area contributed by atoms with Gasteiger partial charge in [-0.2, -0.15) is 0 Å². The molecule has 0 aliphatic rings. The summed E-state index contributed by atoms with van der Waals surface area (Å²) in [5, 5.41) is 5.96. The number of hydrogen-bond donors (Lipinski definition) is 2. The van der Waals surface area contributed by atoms with Crippen molar-refractivity contribution in [1.82, 2.24) is 5.32 Å². The molecule has 21 heavy (non-hydrogen) atoms. The lowest BCUT2D eigenvalue weighted by Gasteiger charge is -2.12. The number of esters is 1. The second-order valence-corrected chi connectivity index (χ2v) is 5.14. The Hall–Kier alpha value is -2.04. The van der Waals surface area contributed by atoms with E-state index >= 15 is 0 Å². The summed E-state index contributed by atoms with van der Waals surface area (Å²) < 4.78 is 5.00. The number of carbonyl (C=O) groups is 2. The van der Waals surface area contributed by atoms with E-state index in [0.29, 0.717) is 43.3 Å². The van der Waals surface area contributed by atoms with Crippen molar-refractivity contribution in [1.29, 1.82) is 0 Å². The third-order valence-electron chi connectivity index (χ3n) is 2.80. The molecule has 5 nitrogen and oxygen atoms in total. The lowest BCUT2D eigenvalue weighted by Crippen LogP contribution is -2.28. The topological polar surface area (TPSA) is 67.4 Å². The van der Waals surface area contributed by atoms with Crippen LogP contribution in [0.2, 0.25) is 0 Å². The highest BCUT2D eigenvalue weighted by Crippen LogP contribution is 2.16. The third-order valence-corrected chi connectivity index (χ3v) is 2.80. The Balaban J connectivity index is 2.48. The van der Waals surface area contributed by atoms with Crippen LogP contribution >= 0.6 is 0 Å². The molecule has 0 heterocycles. The minimum atomic E-state index is -0.357. The minimum absolute atomic E-state index is 0.00446. The van der Waals surface area contributed by atoms with Crippen LogP contribution in [0.15, 0.2) is 24.3 Å². The standard InChI is InChI=1S/C16H24N2O3/c1-4-21-16(20)13-7-5-6-8-14(13)17-10-9-15(19)18-11-12(2)3/h5-8,12,17H,4,9-11H2,1-3H3,(H,18,19). The van der Waals surface area contributed by atoms with Crippen molar-refractivity contribution in [2.45, 2.75) is 27.2 Å². The number of benzene rings is 1. The van der Waals surface area contributed by atoms with E-state index in [-0.39, 0.29) is 11.9 Å². The first-order chi connectivity index (χ1) is 10.0. The molecule has 0 fully saturated rings. The zero-order chi connectivity index (χ0) is 15.7. The fraction of sp³-hybridized carbons (Fsp3) is 0.500. The van der Waals surface area contributed by atoms with Gasteiger partial charge in [0.15, 0.2) is 0 Å². The zero-order valence-electron chi connectivity index (χ0n) is 12.9. The maximum atomic E-state index is 11.8. The van der Waals surface area contributed by atoms with Crippen LogP contribution in [0.25, 0.3) is 0 Å². The van der Waals surface area contributed by atoms with Crippen molar-refractivity contribution in [3.05, 3.63) is 29.8 Å². The number of anilines is 1. The van der Waals surface area contributed by atoms with Gasteiger partial charge >= 0.3 is 5.97 Å². The van der Waals surface area contributed by atoms with E-state index in [0.717, 1.165) is 0 Å². The second kappa shape index (κ2) is 9.00. The van der Waals surface area contributed by atoms with Gasteiger partial charge in [-0.1, -0.05) is 26.0 Å². The van der Waals surface area contributed by atoms with Gasteiger partial charge in [0.25, 0.3) is 0 Å². The number of hydrogen-bond acceptors (Lipinski definition) is 4. The fourth-order valence-electron chi connectivity index (χ4n) is 1.74. The highest BCUT2D eigenvalue weighted by molar-refractivity contribution is 5.95. The molecule has 0 saturated heterocycles. The Morgan fingerprint density at radius 1 is 1.24 bits per heavy atom. The van der Waals surface area contributed by atoms with E-state index < -0.39 is 0 Å². The summed E-state index contributed by atoms with van der Waals surface area (Å²) in [6.45, 7) is 7.36. The van der Waals surface area contributed by atoms with E-state index in [4.69, 9.17) is 4.74 Å². The summed E-state index contributed by atoms with van der Waals surface area (Å²) in [6.07, 6.45) is 0.365. The number of para-hydroxylation sites is 1. The van der Waals surface area contributed by atoms with Gasteiger partial charge in [-0.05, 0) is 25.0 Å². The zero-order valence-corrected chi connectivity index (χ0v) is 12.9. The largest absolute Gasteiger partial charge is 0.462 e. The molecule has 1 rings (SSSR count). The van der Waals surface area contributed by atoms with Gasteiger partial charge in [-0.25, -0.2) is 4.79 Å². The number of rotatable bonds is 8. The van der Waals surface area contributed by atoms with Gasteiger partial charge in [0, 0.05) is 25.2 Å². The molecule has 1 aromatic rings. The lowest BCUT2D eigenvalue weighted by atomic mass is 10.1. The molecule has 0 atom stereocenters. The molecule has 2 N–H and O–H groups in total. The maximum absolute atomic E-state index is 11.8. The SMILES string of the molecule is CCOC(=O)c1ccccc1NCCC(=O)NCC(C)C. The number of carbonyl (C=O) groups excluding carboxylic acids is 2. The van der Waals surface area contributed by atoms with Gasteiger partial charge < -0.3 is 15.4 Å². The molecule has 116 valence electrons. The predicted molar refractivity (Wildman–Crippen MR) is 83.4 cm³/mol. The number of ether oxygens (including phenoxy) is 1. The smallest absolute Gasteiger partial charge is 0.340 e. The highest BCUT2D eigenvalue weighted by atomic mass is 16.5. The van der Waals surface area contributed by atoms with Crippen LogP contribution in [-0.4, -0.2) is 31.6 Å². The van der Waals surface area contributed by atoms with Crippen molar-refractivity contribution in [2.75, 3.05) is 25.0 Å². The molecule has 0 aliphatic carbocycles. The predicted octanol–water partition coefficient (Wildman–Crippen LogP) is 2.44. The van der Waals surface area contributed by atoms with Crippen molar-refractivity contribution >= 4 is 17.6 Å². The average Bonchev–Trinajstić information content (AvgIpc) is 2.46. The molecule has 0 spiro atoms. The first kappa shape index (κ1) is 17.0. The van der Waals surface area contributed by atoms with Crippen molar-refractivity contribution in [2.24, 2.45) is 5.92 Å². The van der Waals surface area contributed by atoms with Crippen LogP contribution in [0.1, 0.15) is 37.6 Å². The lowest BCUT2D eigenvalue weighted by molar-refractivity contribution is -0.120. The van der Waals surface area contributed by atoms with Gasteiger partial charge in [0.1, 0.15) is 0 Å². The second-order valence-electron chi connectivity index (χ2n) is 5.14. The fourth-order valence-corrected chi connectivity index (χ4v) is 1.74. The van der Waals surface area contributed by atoms with Crippen LogP contribution in [0, 0.1) is 5.92 Å². The van der Waals surface area contributed by atoms with Gasteiger partial charge in [0.2, 0.25) is 5.91 Å². The molecule has 0 aliphatic heterocycles. The first-order valence-electron chi connectivity index (χ1n) is 7.31. The monoisotopic (exact) mass is 292 g/mol. The summed E-state index contributed by atoms with van der Waals surface area (Å²) in [7, 11) is 0. The average molecular weight is 292 g/mol. The maximum Gasteiger partial charge on any atom is 0.340 e. The molecule has 0 unspecified atom stereocenters. The van der Waals surface area contributed by atoms with Crippen molar-refractivity contribution in [3.63, 3.8) is 0 Å². The summed E-state index contributed by atoms with van der Waals surface area (Å²) in [6, 6.07) is 7.13. The van der Waals surface area contributed by atoms with Crippen LogP contribution in [0.3, 0.4) is 0 Å². The summed E-state index contributed by atoms with van der Waals surface area (Å²) in [5.74, 6) is 0.0844. The highest BCUT2D eigenvalue weighted by Gasteiger charge is 2.11. The van der Waals surface area contributed by atoms with Crippen LogP contribution < -0.4 is 10.6 Å². The Kier molecular flexibility index (Phi) is 7.29. The molecule has 1 aromatic carbocycles. The Labute approximate surface area is 126 Å². The molecule has 0 radical (unpaired) electrons. The van der Waals surface area contributed by atoms with E-state index in [1.54, 1.807) is 25.1 Å². The Bertz CT molecular complexity index is 472. The van der Waals surface area contributed by atoms with Gasteiger partial charge in [-0.3, -0.25) is 4.79 Å². The van der Waals surface area contributed by atoms with E-state index in [2.05, 4.69) is 10.6 Å². The van der Waals surface area contributed by atoms with Crippen LogP contribution in [0.4, 0.5) is 5.69 Å². The normalized spacial score (nSPS) is 10.3. The molecule has 5 heteroatoms. The van der Waals surface area contributed by atoms with E-state index in [1.165, 1.54) is 0 Å². The molecule has 1 amide bonds. The summed E-state index contributed by atoms with van der Waals surface area (Å²) in [5.41, 5.74) is 1.18. The molecule has 0 bridgehead atoms. The summed E-state index contributed by atoms with van der Waals surface area (Å²) in [4.78, 5) is 23.4. The minimum Gasteiger partial charge on any atom is -0.462 e. The van der Waals surface area contributed by atoms with Crippen LogP contribution in [-0.2, 0) is 9.53 Å². The van der Waals surface area contributed by atoms with E-state index in [1.807, 2.05) is 19.9 Å².